The Kier molecular flexibility index (Phi) is 3.66. The van der Waals surface area contributed by atoms with Crippen LogP contribution in [0.1, 0.15) is 22.3 Å². The second kappa shape index (κ2) is 5.21. The lowest BCUT2D eigenvalue weighted by Gasteiger charge is -2.13. The van der Waals surface area contributed by atoms with Gasteiger partial charge < -0.3 is 5.32 Å². The quantitative estimate of drug-likeness (QED) is 0.844. The van der Waals surface area contributed by atoms with Gasteiger partial charge in [0, 0.05) is 6.54 Å². The molecule has 1 N–H and O–H groups in total. The minimum Gasteiger partial charge on any atom is -0.379 e. The molecule has 0 unspecified atom stereocenters. The summed E-state index contributed by atoms with van der Waals surface area (Å²) in [5.74, 6) is -0.202. The number of anilines is 1. The summed E-state index contributed by atoms with van der Waals surface area (Å²) in [6.45, 7) is 6.77. The summed E-state index contributed by atoms with van der Waals surface area (Å²) in [7, 11) is 0. The molecule has 0 amide bonds. The molecule has 2 aromatic rings. The molecule has 0 bridgehead atoms. The molecule has 0 aliphatic heterocycles. The van der Waals surface area contributed by atoms with Crippen LogP contribution in [0.25, 0.3) is 0 Å². The first-order valence-electron chi connectivity index (χ1n) is 6.13. The molecule has 0 aromatic heterocycles. The first-order chi connectivity index (χ1) is 8.58. The fourth-order valence-electron chi connectivity index (χ4n) is 2.09. The molecule has 0 heterocycles. The lowest BCUT2D eigenvalue weighted by Crippen LogP contribution is -2.05. The third-order valence-corrected chi connectivity index (χ3v) is 3.22. The van der Waals surface area contributed by atoms with Crippen molar-refractivity contribution in [3.05, 3.63) is 64.5 Å². The number of nitrogens with one attached hydrogen (secondary N) is 1. The Morgan fingerprint density at radius 1 is 1.00 bits per heavy atom. The summed E-state index contributed by atoms with van der Waals surface area (Å²) in [4.78, 5) is 0. The van der Waals surface area contributed by atoms with Crippen LogP contribution >= 0.6 is 0 Å². The van der Waals surface area contributed by atoms with Gasteiger partial charge in [-0.2, -0.15) is 0 Å². The van der Waals surface area contributed by atoms with Crippen LogP contribution in [-0.2, 0) is 6.54 Å². The summed E-state index contributed by atoms with van der Waals surface area (Å²) in [6, 6.07) is 11.3. The number of benzene rings is 2. The van der Waals surface area contributed by atoms with Crippen molar-refractivity contribution in [2.45, 2.75) is 27.3 Å². The van der Waals surface area contributed by atoms with E-state index in [1.54, 1.807) is 6.07 Å². The first-order valence-corrected chi connectivity index (χ1v) is 6.13. The number of rotatable bonds is 3. The van der Waals surface area contributed by atoms with E-state index < -0.39 is 0 Å². The summed E-state index contributed by atoms with van der Waals surface area (Å²) in [6.07, 6.45) is 0. The van der Waals surface area contributed by atoms with Gasteiger partial charge in [0.05, 0.1) is 5.69 Å². The third kappa shape index (κ3) is 2.70. The molecule has 0 fully saturated rings. The van der Waals surface area contributed by atoms with Crippen molar-refractivity contribution in [2.24, 2.45) is 0 Å². The van der Waals surface area contributed by atoms with E-state index in [1.807, 2.05) is 19.1 Å². The van der Waals surface area contributed by atoms with E-state index in [9.17, 15) is 4.39 Å². The van der Waals surface area contributed by atoms with E-state index in [0.717, 1.165) is 5.56 Å². The maximum absolute atomic E-state index is 13.6. The summed E-state index contributed by atoms with van der Waals surface area (Å²) >= 11 is 0. The molecule has 0 aliphatic carbocycles. The van der Waals surface area contributed by atoms with Gasteiger partial charge in [-0.15, -0.1) is 0 Å². The van der Waals surface area contributed by atoms with Gasteiger partial charge in [0.15, 0.2) is 0 Å². The monoisotopic (exact) mass is 243 g/mol. The highest BCUT2D eigenvalue weighted by Gasteiger charge is 2.05. The van der Waals surface area contributed by atoms with Crippen molar-refractivity contribution in [3.63, 3.8) is 0 Å². The molecular formula is C16H18FN. The minimum absolute atomic E-state index is 0.202. The third-order valence-electron chi connectivity index (χ3n) is 3.22. The molecule has 1 nitrogen and oxygen atoms in total. The van der Waals surface area contributed by atoms with E-state index in [0.29, 0.717) is 12.2 Å². The zero-order valence-corrected chi connectivity index (χ0v) is 11.0. The zero-order valence-electron chi connectivity index (χ0n) is 11.0. The van der Waals surface area contributed by atoms with Gasteiger partial charge in [-0.25, -0.2) is 4.39 Å². The summed E-state index contributed by atoms with van der Waals surface area (Å²) < 4.78 is 13.6. The summed E-state index contributed by atoms with van der Waals surface area (Å²) in [5, 5.41) is 3.18. The van der Waals surface area contributed by atoms with Crippen molar-refractivity contribution < 1.29 is 4.39 Å². The van der Waals surface area contributed by atoms with Crippen molar-refractivity contribution >= 4 is 5.69 Å². The number of aryl methyl sites for hydroxylation is 3. The highest BCUT2D eigenvalue weighted by molar-refractivity contribution is 5.48. The Labute approximate surface area is 108 Å². The predicted molar refractivity (Wildman–Crippen MR) is 74.4 cm³/mol. The molecule has 0 saturated heterocycles. The van der Waals surface area contributed by atoms with Crippen LogP contribution in [0.3, 0.4) is 0 Å². The minimum atomic E-state index is -0.202. The second-order valence-electron chi connectivity index (χ2n) is 4.71. The molecular weight excluding hydrogens is 225 g/mol. The zero-order chi connectivity index (χ0) is 13.1. The van der Waals surface area contributed by atoms with Crippen LogP contribution < -0.4 is 5.32 Å². The SMILES string of the molecule is Cc1ccc(F)c(NCc2c(C)cccc2C)c1. The second-order valence-corrected chi connectivity index (χ2v) is 4.71. The van der Waals surface area contributed by atoms with E-state index in [2.05, 4.69) is 31.3 Å². The molecule has 0 saturated carbocycles. The van der Waals surface area contributed by atoms with Gasteiger partial charge in [-0.1, -0.05) is 24.3 Å². The first kappa shape index (κ1) is 12.6. The molecule has 2 heteroatoms. The van der Waals surface area contributed by atoms with Gasteiger partial charge in [0.25, 0.3) is 0 Å². The highest BCUT2D eigenvalue weighted by Crippen LogP contribution is 2.19. The smallest absolute Gasteiger partial charge is 0.146 e. The van der Waals surface area contributed by atoms with E-state index in [-0.39, 0.29) is 5.82 Å². The van der Waals surface area contributed by atoms with Crippen molar-refractivity contribution in [2.75, 3.05) is 5.32 Å². The van der Waals surface area contributed by atoms with Crippen molar-refractivity contribution in [1.29, 1.82) is 0 Å². The van der Waals surface area contributed by atoms with Gasteiger partial charge in [-0.05, 0) is 55.2 Å². The Morgan fingerprint density at radius 2 is 1.67 bits per heavy atom. The Bertz CT molecular complexity index is 541. The lowest BCUT2D eigenvalue weighted by molar-refractivity contribution is 0.629. The molecule has 2 rings (SSSR count). The maximum Gasteiger partial charge on any atom is 0.146 e. The molecule has 0 atom stereocenters. The van der Waals surface area contributed by atoms with E-state index in [4.69, 9.17) is 0 Å². The van der Waals surface area contributed by atoms with Gasteiger partial charge in [0.2, 0.25) is 0 Å². The normalized spacial score (nSPS) is 10.4. The van der Waals surface area contributed by atoms with E-state index in [1.165, 1.54) is 22.8 Å². The van der Waals surface area contributed by atoms with Crippen molar-refractivity contribution in [3.8, 4) is 0 Å². The van der Waals surface area contributed by atoms with Crippen LogP contribution in [0.15, 0.2) is 36.4 Å². The van der Waals surface area contributed by atoms with Crippen LogP contribution in [0, 0.1) is 26.6 Å². The number of hydrogen-bond acceptors (Lipinski definition) is 1. The average Bonchev–Trinajstić information content (AvgIpc) is 2.33. The highest BCUT2D eigenvalue weighted by atomic mass is 19.1. The largest absolute Gasteiger partial charge is 0.379 e. The Morgan fingerprint density at radius 3 is 2.33 bits per heavy atom. The molecule has 94 valence electrons. The van der Waals surface area contributed by atoms with Gasteiger partial charge in [-0.3, -0.25) is 0 Å². The maximum atomic E-state index is 13.6. The van der Waals surface area contributed by atoms with Crippen LogP contribution in [0.2, 0.25) is 0 Å². The molecule has 0 spiro atoms. The Hall–Kier alpha value is -1.83. The van der Waals surface area contributed by atoms with Gasteiger partial charge >= 0.3 is 0 Å². The molecule has 2 aromatic carbocycles. The predicted octanol–water partition coefficient (Wildman–Crippen LogP) is 4.36. The number of hydrogen-bond donors (Lipinski definition) is 1. The van der Waals surface area contributed by atoms with Crippen LogP contribution in [0.4, 0.5) is 10.1 Å². The average molecular weight is 243 g/mol. The standard InChI is InChI=1S/C16H18FN/c1-11-7-8-15(17)16(9-11)18-10-14-12(2)5-4-6-13(14)3/h4-9,18H,10H2,1-3H3. The fourth-order valence-corrected chi connectivity index (χ4v) is 2.09. The van der Waals surface area contributed by atoms with Crippen molar-refractivity contribution in [1.82, 2.24) is 0 Å². The number of halogens is 1. The topological polar surface area (TPSA) is 12.0 Å². The van der Waals surface area contributed by atoms with E-state index >= 15 is 0 Å². The Balaban J connectivity index is 2.19. The van der Waals surface area contributed by atoms with Crippen LogP contribution in [0.5, 0.6) is 0 Å². The summed E-state index contributed by atoms with van der Waals surface area (Å²) in [5.41, 5.74) is 5.32. The van der Waals surface area contributed by atoms with Gasteiger partial charge in [0.1, 0.15) is 5.82 Å². The lowest BCUT2D eigenvalue weighted by atomic mass is 10.0. The fraction of sp³-hybridized carbons (Fsp3) is 0.250. The molecule has 18 heavy (non-hydrogen) atoms. The van der Waals surface area contributed by atoms with Crippen LogP contribution in [-0.4, -0.2) is 0 Å². The molecule has 0 aliphatic rings. The molecule has 0 radical (unpaired) electrons.